The number of rotatable bonds is 9. The van der Waals surface area contributed by atoms with Gasteiger partial charge in [-0.15, -0.1) is 11.8 Å². The third kappa shape index (κ3) is 5.70. The fourth-order valence-corrected chi connectivity index (χ4v) is 6.45. The van der Waals surface area contributed by atoms with E-state index in [-0.39, 0.29) is 0 Å². The Hall–Kier alpha value is -2.53. The molecular formula is C23H29N3O5S2. The van der Waals surface area contributed by atoms with Gasteiger partial charge >= 0.3 is 0 Å². The molecule has 33 heavy (non-hydrogen) atoms. The third-order valence-corrected chi connectivity index (χ3v) is 8.61. The van der Waals surface area contributed by atoms with E-state index >= 15 is 0 Å². The largest absolute Gasteiger partial charge is 0.494 e. The molecule has 1 heterocycles. The molecule has 3 unspecified atom stereocenters. The van der Waals surface area contributed by atoms with E-state index in [2.05, 4.69) is 5.32 Å². The lowest BCUT2D eigenvalue weighted by Crippen LogP contribution is -2.43. The van der Waals surface area contributed by atoms with Crippen molar-refractivity contribution < 1.29 is 23.1 Å². The summed E-state index contributed by atoms with van der Waals surface area (Å²) >= 11 is 1.17. The van der Waals surface area contributed by atoms with Crippen molar-refractivity contribution in [2.45, 2.75) is 23.7 Å². The summed E-state index contributed by atoms with van der Waals surface area (Å²) in [5.41, 5.74) is 1.59. The van der Waals surface area contributed by atoms with Crippen LogP contribution in [0.2, 0.25) is 0 Å². The zero-order valence-corrected chi connectivity index (χ0v) is 20.6. The standard InChI is InChI=1S/C23H29N3O5S2/c1-5-31-19-11-9-18(10-12-19)26(4)33(29,30)20-13-14-32-21(20)22(27)24-17-8-6-7-16(15-17)23(28)25(2)3/h6-15,20-21,23,28H,5H2,1-4H3,(H,24,27). The lowest BCUT2D eigenvalue weighted by atomic mass is 10.1. The van der Waals surface area contributed by atoms with Crippen LogP contribution in [0.5, 0.6) is 5.75 Å². The molecule has 1 aliphatic heterocycles. The van der Waals surface area contributed by atoms with E-state index in [0.29, 0.717) is 29.3 Å². The molecule has 0 aromatic heterocycles. The molecule has 0 saturated carbocycles. The Balaban J connectivity index is 1.76. The summed E-state index contributed by atoms with van der Waals surface area (Å²) in [6, 6.07) is 13.6. The van der Waals surface area contributed by atoms with Crippen LogP contribution >= 0.6 is 11.8 Å². The number of ether oxygens (including phenoxy) is 1. The number of thioether (sulfide) groups is 1. The summed E-state index contributed by atoms with van der Waals surface area (Å²) in [6.07, 6.45) is 0.724. The van der Waals surface area contributed by atoms with E-state index in [1.165, 1.54) is 23.1 Å². The predicted molar refractivity (Wildman–Crippen MR) is 133 cm³/mol. The number of hydrogen-bond donors (Lipinski definition) is 2. The Morgan fingerprint density at radius 1 is 1.18 bits per heavy atom. The highest BCUT2D eigenvalue weighted by atomic mass is 32.2. The van der Waals surface area contributed by atoms with Gasteiger partial charge in [-0.05, 0) is 68.4 Å². The Labute approximate surface area is 199 Å². The first-order valence-electron chi connectivity index (χ1n) is 10.4. The van der Waals surface area contributed by atoms with Crippen LogP contribution in [0.25, 0.3) is 0 Å². The molecule has 0 saturated heterocycles. The van der Waals surface area contributed by atoms with Crippen molar-refractivity contribution in [1.82, 2.24) is 4.90 Å². The van der Waals surface area contributed by atoms with E-state index in [0.717, 1.165) is 0 Å². The van der Waals surface area contributed by atoms with Crippen LogP contribution in [0.15, 0.2) is 60.0 Å². The van der Waals surface area contributed by atoms with Crippen molar-refractivity contribution in [3.8, 4) is 5.75 Å². The van der Waals surface area contributed by atoms with Gasteiger partial charge in [0.1, 0.15) is 22.5 Å². The number of nitrogens with one attached hydrogen (secondary N) is 1. The molecule has 3 atom stereocenters. The molecule has 2 N–H and O–H groups in total. The highest BCUT2D eigenvalue weighted by Gasteiger charge is 2.41. The van der Waals surface area contributed by atoms with Gasteiger partial charge in [0.05, 0.1) is 12.3 Å². The summed E-state index contributed by atoms with van der Waals surface area (Å²) in [5.74, 6) is 0.234. The molecule has 0 fully saturated rings. The van der Waals surface area contributed by atoms with E-state index in [1.807, 2.05) is 6.92 Å². The van der Waals surface area contributed by atoms with Crippen molar-refractivity contribution in [1.29, 1.82) is 0 Å². The maximum Gasteiger partial charge on any atom is 0.243 e. The number of carbonyl (C=O) groups is 1. The van der Waals surface area contributed by atoms with Crippen molar-refractivity contribution >= 4 is 39.1 Å². The molecule has 0 spiro atoms. The third-order valence-electron chi connectivity index (χ3n) is 5.23. The number of hydrogen-bond acceptors (Lipinski definition) is 7. The number of aliphatic hydroxyl groups excluding tert-OH is 1. The van der Waals surface area contributed by atoms with Gasteiger partial charge in [-0.2, -0.15) is 0 Å². The minimum absolute atomic E-state index is 0.421. The Morgan fingerprint density at radius 2 is 1.88 bits per heavy atom. The van der Waals surface area contributed by atoms with Crippen molar-refractivity contribution in [3.05, 3.63) is 65.6 Å². The number of carbonyl (C=O) groups excluding carboxylic acids is 1. The average molecular weight is 492 g/mol. The number of sulfonamides is 1. The molecule has 10 heteroatoms. The van der Waals surface area contributed by atoms with Crippen molar-refractivity contribution in [2.75, 3.05) is 37.4 Å². The number of aliphatic hydroxyl groups is 1. The quantitative estimate of drug-likeness (QED) is 0.520. The maximum atomic E-state index is 13.3. The molecule has 0 radical (unpaired) electrons. The van der Waals surface area contributed by atoms with E-state index < -0.39 is 32.7 Å². The molecule has 1 aliphatic rings. The van der Waals surface area contributed by atoms with Gasteiger partial charge in [0.25, 0.3) is 0 Å². The summed E-state index contributed by atoms with van der Waals surface area (Å²) in [4.78, 5) is 14.7. The fraction of sp³-hybridized carbons (Fsp3) is 0.348. The molecule has 0 bridgehead atoms. The van der Waals surface area contributed by atoms with Gasteiger partial charge in [-0.1, -0.05) is 18.2 Å². The molecular weight excluding hydrogens is 462 g/mol. The minimum atomic E-state index is -3.86. The average Bonchev–Trinajstić information content (AvgIpc) is 3.30. The summed E-state index contributed by atoms with van der Waals surface area (Å²) in [5, 5.41) is 12.8. The van der Waals surface area contributed by atoms with Crippen LogP contribution < -0.4 is 14.4 Å². The first-order valence-corrected chi connectivity index (χ1v) is 12.9. The molecule has 178 valence electrons. The minimum Gasteiger partial charge on any atom is -0.494 e. The monoisotopic (exact) mass is 491 g/mol. The van der Waals surface area contributed by atoms with Crippen LogP contribution in [0.4, 0.5) is 11.4 Å². The summed E-state index contributed by atoms with van der Waals surface area (Å²) in [6.45, 7) is 2.39. The Morgan fingerprint density at radius 3 is 2.52 bits per heavy atom. The van der Waals surface area contributed by atoms with E-state index in [9.17, 15) is 18.3 Å². The highest BCUT2D eigenvalue weighted by Crippen LogP contribution is 2.34. The topological polar surface area (TPSA) is 99.2 Å². The Kier molecular flexibility index (Phi) is 8.06. The van der Waals surface area contributed by atoms with Gasteiger partial charge < -0.3 is 15.2 Å². The van der Waals surface area contributed by atoms with E-state index in [1.54, 1.807) is 79.0 Å². The first-order chi connectivity index (χ1) is 15.6. The lowest BCUT2D eigenvalue weighted by Gasteiger charge is -2.26. The lowest BCUT2D eigenvalue weighted by molar-refractivity contribution is -0.115. The van der Waals surface area contributed by atoms with E-state index in [4.69, 9.17) is 4.74 Å². The van der Waals surface area contributed by atoms with Crippen LogP contribution in [-0.4, -0.2) is 62.6 Å². The smallest absolute Gasteiger partial charge is 0.243 e. The second kappa shape index (κ2) is 10.6. The number of benzene rings is 2. The van der Waals surface area contributed by atoms with Gasteiger partial charge in [0.15, 0.2) is 0 Å². The molecule has 2 aromatic carbocycles. The summed E-state index contributed by atoms with van der Waals surface area (Å²) in [7, 11) is 1.10. The van der Waals surface area contributed by atoms with Crippen LogP contribution in [0, 0.1) is 0 Å². The molecule has 8 nitrogen and oxygen atoms in total. The number of nitrogens with zero attached hydrogens (tertiary/aromatic N) is 2. The van der Waals surface area contributed by atoms with Crippen molar-refractivity contribution in [2.24, 2.45) is 0 Å². The molecule has 3 rings (SSSR count). The highest BCUT2D eigenvalue weighted by molar-refractivity contribution is 8.05. The molecule has 2 aromatic rings. The zero-order chi connectivity index (χ0) is 24.2. The summed E-state index contributed by atoms with van der Waals surface area (Å²) < 4.78 is 33.3. The zero-order valence-electron chi connectivity index (χ0n) is 19.0. The number of amides is 1. The fourth-order valence-electron chi connectivity index (χ4n) is 3.39. The normalized spacial score (nSPS) is 18.8. The van der Waals surface area contributed by atoms with Gasteiger partial charge in [-0.3, -0.25) is 14.0 Å². The van der Waals surface area contributed by atoms with Gasteiger partial charge in [0.2, 0.25) is 15.9 Å². The van der Waals surface area contributed by atoms with Crippen LogP contribution in [0.3, 0.4) is 0 Å². The second-order valence-electron chi connectivity index (χ2n) is 7.74. The van der Waals surface area contributed by atoms with Crippen LogP contribution in [0.1, 0.15) is 18.7 Å². The maximum absolute atomic E-state index is 13.3. The van der Waals surface area contributed by atoms with Crippen molar-refractivity contribution in [3.63, 3.8) is 0 Å². The Bertz CT molecular complexity index is 1100. The number of anilines is 2. The van der Waals surface area contributed by atoms with Gasteiger partial charge in [-0.25, -0.2) is 8.42 Å². The predicted octanol–water partition coefficient (Wildman–Crippen LogP) is 3.04. The molecule has 0 aliphatic carbocycles. The molecule has 1 amide bonds. The van der Waals surface area contributed by atoms with Gasteiger partial charge in [0, 0.05) is 12.7 Å². The van der Waals surface area contributed by atoms with Crippen LogP contribution in [-0.2, 0) is 14.8 Å². The SMILES string of the molecule is CCOc1ccc(N(C)S(=O)(=O)C2C=CSC2C(=O)Nc2cccc(C(O)N(C)C)c2)cc1. The second-order valence-corrected chi connectivity index (χ2v) is 10.9. The first kappa shape index (κ1) is 25.1.